The fourth-order valence-electron chi connectivity index (χ4n) is 3.08. The van der Waals surface area contributed by atoms with Gasteiger partial charge in [-0.1, -0.05) is 45.0 Å². The average molecular weight is 351 g/mol. The summed E-state index contributed by atoms with van der Waals surface area (Å²) in [4.78, 5) is 25.6. The minimum absolute atomic E-state index is 0.133. The normalized spacial score (nSPS) is 13.9. The molecule has 136 valence electrons. The van der Waals surface area contributed by atoms with Crippen molar-refractivity contribution in [3.8, 4) is 5.75 Å². The first-order valence-electron chi connectivity index (χ1n) is 9.06. The van der Waals surface area contributed by atoms with Gasteiger partial charge in [-0.25, -0.2) is 0 Å². The molecule has 0 radical (unpaired) electrons. The van der Waals surface area contributed by atoms with E-state index in [1.165, 1.54) is 5.56 Å². The van der Waals surface area contributed by atoms with E-state index < -0.39 is 11.7 Å². The second kappa shape index (κ2) is 7.32. The van der Waals surface area contributed by atoms with Crippen LogP contribution in [0.25, 0.3) is 0 Å². The lowest BCUT2D eigenvalue weighted by Gasteiger charge is -2.19. The molecule has 0 spiro atoms. The minimum Gasteiger partial charge on any atom is -0.494 e. The number of rotatable bonds is 6. The summed E-state index contributed by atoms with van der Waals surface area (Å²) in [5, 5.41) is 0. The largest absolute Gasteiger partial charge is 0.494 e. The molecule has 4 nitrogen and oxygen atoms in total. The third-order valence-corrected chi connectivity index (χ3v) is 4.64. The van der Waals surface area contributed by atoms with Crippen molar-refractivity contribution < 1.29 is 14.3 Å². The number of Topliss-reactive ketones (excluding diaryl/α,β-unsaturated/α-hetero) is 1. The molecule has 4 heteroatoms. The van der Waals surface area contributed by atoms with Crippen LogP contribution in [-0.2, 0) is 10.2 Å². The van der Waals surface area contributed by atoms with Crippen LogP contribution in [0.3, 0.4) is 0 Å². The summed E-state index contributed by atoms with van der Waals surface area (Å²) in [7, 11) is 0. The summed E-state index contributed by atoms with van der Waals surface area (Å²) in [6.45, 7) is 7.68. The average Bonchev–Trinajstić information content (AvgIpc) is 2.86. The number of hydrogen-bond donors (Lipinski definition) is 0. The van der Waals surface area contributed by atoms with Crippen LogP contribution < -0.4 is 9.64 Å². The van der Waals surface area contributed by atoms with Crippen LogP contribution in [0.4, 0.5) is 5.69 Å². The van der Waals surface area contributed by atoms with Crippen molar-refractivity contribution in [2.75, 3.05) is 18.1 Å². The number of carbonyl (C=O) groups excluding carboxylic acids is 2. The molecule has 1 aliphatic rings. The van der Waals surface area contributed by atoms with Crippen molar-refractivity contribution in [1.29, 1.82) is 0 Å². The van der Waals surface area contributed by atoms with E-state index in [4.69, 9.17) is 4.74 Å². The lowest BCUT2D eigenvalue weighted by atomic mass is 9.87. The van der Waals surface area contributed by atoms with E-state index in [1.54, 1.807) is 17.0 Å². The lowest BCUT2D eigenvalue weighted by Crippen LogP contribution is -2.30. The van der Waals surface area contributed by atoms with Gasteiger partial charge in [-0.05, 0) is 48.1 Å². The zero-order valence-corrected chi connectivity index (χ0v) is 15.6. The van der Waals surface area contributed by atoms with E-state index in [-0.39, 0.29) is 5.41 Å². The van der Waals surface area contributed by atoms with Crippen molar-refractivity contribution in [1.82, 2.24) is 0 Å². The van der Waals surface area contributed by atoms with Crippen LogP contribution in [0.15, 0.2) is 48.5 Å². The molecule has 26 heavy (non-hydrogen) atoms. The highest BCUT2D eigenvalue weighted by atomic mass is 16.5. The van der Waals surface area contributed by atoms with Gasteiger partial charge < -0.3 is 9.64 Å². The Morgan fingerprint density at radius 1 is 0.923 bits per heavy atom. The highest BCUT2D eigenvalue weighted by Gasteiger charge is 2.34. The summed E-state index contributed by atoms with van der Waals surface area (Å²) >= 11 is 0. The fourth-order valence-corrected chi connectivity index (χ4v) is 3.08. The van der Waals surface area contributed by atoms with Crippen molar-refractivity contribution in [2.24, 2.45) is 0 Å². The summed E-state index contributed by atoms with van der Waals surface area (Å²) in [5.74, 6) is 0.0245. The Bertz CT molecular complexity index is 803. The molecule has 0 unspecified atom stereocenters. The van der Waals surface area contributed by atoms with Crippen LogP contribution in [0, 0.1) is 0 Å². The smallest absolute Gasteiger partial charge is 0.299 e. The van der Waals surface area contributed by atoms with Gasteiger partial charge in [0.15, 0.2) is 0 Å². The van der Waals surface area contributed by atoms with Gasteiger partial charge in [-0.3, -0.25) is 9.59 Å². The Labute approximate surface area is 154 Å². The van der Waals surface area contributed by atoms with E-state index in [0.29, 0.717) is 18.7 Å². The van der Waals surface area contributed by atoms with Gasteiger partial charge in [0.05, 0.1) is 17.9 Å². The minimum atomic E-state index is -0.426. The number of anilines is 1. The summed E-state index contributed by atoms with van der Waals surface area (Å²) in [6, 6.07) is 15.4. The summed E-state index contributed by atoms with van der Waals surface area (Å²) in [6.07, 6.45) is 1.61. The highest BCUT2D eigenvalue weighted by Crippen LogP contribution is 2.28. The molecule has 0 saturated heterocycles. The maximum absolute atomic E-state index is 12.1. The monoisotopic (exact) mass is 351 g/mol. The molecular formula is C22H25NO3. The molecule has 3 rings (SSSR count). The Hall–Kier alpha value is -2.62. The maximum atomic E-state index is 12.1. The SMILES string of the molecule is CC(C)(C)c1ccc(OCCCCN2C(=O)C(=O)c3ccccc32)cc1. The number of benzene rings is 2. The maximum Gasteiger partial charge on any atom is 0.299 e. The van der Waals surface area contributed by atoms with Crippen molar-refractivity contribution in [2.45, 2.75) is 39.0 Å². The van der Waals surface area contributed by atoms with E-state index in [0.717, 1.165) is 24.3 Å². The van der Waals surface area contributed by atoms with E-state index in [9.17, 15) is 9.59 Å². The predicted octanol–water partition coefficient (Wildman–Crippen LogP) is 4.37. The number of para-hydroxylation sites is 1. The van der Waals surface area contributed by atoms with Gasteiger partial charge in [0, 0.05) is 6.54 Å². The fraction of sp³-hybridized carbons (Fsp3) is 0.364. The van der Waals surface area contributed by atoms with Crippen molar-refractivity contribution in [3.05, 3.63) is 59.7 Å². The first-order valence-corrected chi connectivity index (χ1v) is 9.06. The molecule has 0 bridgehead atoms. The highest BCUT2D eigenvalue weighted by molar-refractivity contribution is 6.52. The first-order chi connectivity index (χ1) is 12.4. The number of unbranched alkanes of at least 4 members (excludes halogenated alkanes) is 1. The van der Waals surface area contributed by atoms with Crippen molar-refractivity contribution in [3.63, 3.8) is 0 Å². The molecule has 0 fully saturated rings. The molecule has 2 aromatic carbocycles. The third-order valence-electron chi connectivity index (χ3n) is 4.64. The lowest BCUT2D eigenvalue weighted by molar-refractivity contribution is -0.114. The predicted molar refractivity (Wildman–Crippen MR) is 103 cm³/mol. The van der Waals surface area contributed by atoms with E-state index in [2.05, 4.69) is 32.9 Å². The molecule has 1 aliphatic heterocycles. The van der Waals surface area contributed by atoms with Crippen LogP contribution in [0.5, 0.6) is 5.75 Å². The topological polar surface area (TPSA) is 46.6 Å². The van der Waals surface area contributed by atoms with Crippen LogP contribution in [0.2, 0.25) is 0 Å². The molecule has 0 N–H and O–H groups in total. The van der Waals surface area contributed by atoms with Crippen LogP contribution in [0.1, 0.15) is 49.5 Å². The number of hydrogen-bond acceptors (Lipinski definition) is 3. The molecule has 0 atom stereocenters. The molecule has 0 aliphatic carbocycles. The van der Waals surface area contributed by atoms with Gasteiger partial charge in [0.1, 0.15) is 5.75 Å². The van der Waals surface area contributed by atoms with Crippen LogP contribution >= 0.6 is 0 Å². The number of carbonyl (C=O) groups is 2. The second-order valence-corrected chi connectivity index (χ2v) is 7.63. The van der Waals surface area contributed by atoms with Crippen molar-refractivity contribution >= 4 is 17.4 Å². The third kappa shape index (κ3) is 3.79. The molecular weight excluding hydrogens is 326 g/mol. The molecule has 0 saturated carbocycles. The van der Waals surface area contributed by atoms with Gasteiger partial charge in [0.2, 0.25) is 0 Å². The standard InChI is InChI=1S/C22H25NO3/c1-22(2,3)16-10-12-17(13-11-16)26-15-7-6-14-23-19-9-5-4-8-18(19)20(24)21(23)25/h4-5,8-13H,6-7,14-15H2,1-3H3. The summed E-state index contributed by atoms with van der Waals surface area (Å²) in [5.41, 5.74) is 2.64. The van der Waals surface area contributed by atoms with Gasteiger partial charge in [-0.15, -0.1) is 0 Å². The number of amides is 1. The van der Waals surface area contributed by atoms with Gasteiger partial charge in [-0.2, -0.15) is 0 Å². The zero-order valence-electron chi connectivity index (χ0n) is 15.6. The number of ketones is 1. The first kappa shape index (κ1) is 18.2. The van der Waals surface area contributed by atoms with Gasteiger partial charge >= 0.3 is 0 Å². The quantitative estimate of drug-likeness (QED) is 0.573. The Morgan fingerprint density at radius 3 is 2.31 bits per heavy atom. The number of fused-ring (bicyclic) bond motifs is 1. The second-order valence-electron chi connectivity index (χ2n) is 7.63. The number of ether oxygens (including phenoxy) is 1. The summed E-state index contributed by atoms with van der Waals surface area (Å²) < 4.78 is 5.79. The Morgan fingerprint density at radius 2 is 1.62 bits per heavy atom. The molecule has 1 amide bonds. The molecule has 0 aromatic heterocycles. The van der Waals surface area contributed by atoms with Crippen LogP contribution in [-0.4, -0.2) is 24.8 Å². The van der Waals surface area contributed by atoms with Gasteiger partial charge in [0.25, 0.3) is 11.7 Å². The molecule has 2 aromatic rings. The zero-order chi connectivity index (χ0) is 18.7. The number of nitrogens with zero attached hydrogens (tertiary/aromatic N) is 1. The molecule has 1 heterocycles. The Kier molecular flexibility index (Phi) is 5.12. The Balaban J connectivity index is 1.46. The van der Waals surface area contributed by atoms with E-state index >= 15 is 0 Å². The van der Waals surface area contributed by atoms with E-state index in [1.807, 2.05) is 24.3 Å².